The number of rotatable bonds is 3. The van der Waals surface area contributed by atoms with Crippen LogP contribution in [0.5, 0.6) is 5.75 Å². The maximum Gasteiger partial charge on any atom is 0.371 e. The molecular formula is C9H8O6. The molecule has 0 aliphatic carbocycles. The summed E-state index contributed by atoms with van der Waals surface area (Å²) in [6.45, 7) is 0. The van der Waals surface area contributed by atoms with Crippen molar-refractivity contribution in [3.05, 3.63) is 34.1 Å². The van der Waals surface area contributed by atoms with Crippen LogP contribution in [0.25, 0.3) is 6.08 Å². The Morgan fingerprint density at radius 3 is 2.67 bits per heavy atom. The lowest BCUT2D eigenvalue weighted by Crippen LogP contribution is -2.01. The average Bonchev–Trinajstić information content (AvgIpc) is 2.16. The van der Waals surface area contributed by atoms with Crippen LogP contribution < -0.4 is 10.4 Å². The minimum absolute atomic E-state index is 0.0979. The number of carbonyl (C=O) groups is 1. The zero-order valence-corrected chi connectivity index (χ0v) is 7.76. The van der Waals surface area contributed by atoms with Crippen LogP contribution in [-0.4, -0.2) is 23.3 Å². The zero-order chi connectivity index (χ0) is 11.4. The maximum atomic E-state index is 10.9. The molecule has 0 aliphatic heterocycles. The predicted octanol–water partition coefficient (Wildman–Crippen LogP) is 0.632. The summed E-state index contributed by atoms with van der Waals surface area (Å²) in [7, 11) is 1.35. The summed E-state index contributed by atoms with van der Waals surface area (Å²) >= 11 is 0. The van der Waals surface area contributed by atoms with Gasteiger partial charge in [-0.1, -0.05) is 0 Å². The van der Waals surface area contributed by atoms with Gasteiger partial charge in [-0.2, -0.15) is 0 Å². The standard InChI is InChI=1S/C9H8O6/c1-14-5-2-6(15-8(11)4-5)3-7(10)9(12)13/h2-4,10H,1H3,(H,12,13). The third kappa shape index (κ3) is 2.87. The summed E-state index contributed by atoms with van der Waals surface area (Å²) in [5.74, 6) is -2.32. The lowest BCUT2D eigenvalue weighted by molar-refractivity contribution is -0.135. The molecule has 0 spiro atoms. The molecule has 0 aromatic carbocycles. The molecule has 15 heavy (non-hydrogen) atoms. The minimum Gasteiger partial charge on any atom is -0.502 e. The molecule has 0 saturated heterocycles. The van der Waals surface area contributed by atoms with E-state index in [1.165, 1.54) is 13.2 Å². The second-order valence-electron chi connectivity index (χ2n) is 2.55. The van der Waals surface area contributed by atoms with Gasteiger partial charge < -0.3 is 19.4 Å². The van der Waals surface area contributed by atoms with E-state index in [1.54, 1.807) is 0 Å². The Hall–Kier alpha value is -2.24. The van der Waals surface area contributed by atoms with E-state index in [1.807, 2.05) is 0 Å². The quantitative estimate of drug-likeness (QED) is 0.563. The highest BCUT2D eigenvalue weighted by atomic mass is 16.5. The van der Waals surface area contributed by atoms with Gasteiger partial charge in [0.05, 0.1) is 13.2 Å². The smallest absolute Gasteiger partial charge is 0.371 e. The van der Waals surface area contributed by atoms with E-state index >= 15 is 0 Å². The number of carboxylic acids is 1. The fourth-order valence-corrected chi connectivity index (χ4v) is 0.859. The number of hydrogen-bond acceptors (Lipinski definition) is 5. The number of aliphatic carboxylic acids is 1. The molecule has 0 unspecified atom stereocenters. The van der Waals surface area contributed by atoms with Gasteiger partial charge in [0.25, 0.3) is 0 Å². The number of hydrogen-bond donors (Lipinski definition) is 2. The second kappa shape index (κ2) is 4.32. The van der Waals surface area contributed by atoms with Crippen LogP contribution in [0.2, 0.25) is 0 Å². The molecule has 0 radical (unpaired) electrons. The van der Waals surface area contributed by atoms with E-state index in [2.05, 4.69) is 4.42 Å². The fraction of sp³-hybridized carbons (Fsp3) is 0.111. The largest absolute Gasteiger partial charge is 0.502 e. The van der Waals surface area contributed by atoms with Crippen LogP contribution in [-0.2, 0) is 4.79 Å². The molecule has 0 bridgehead atoms. The van der Waals surface area contributed by atoms with Crippen LogP contribution in [0.4, 0.5) is 0 Å². The molecule has 0 saturated carbocycles. The van der Waals surface area contributed by atoms with Crippen molar-refractivity contribution in [1.82, 2.24) is 0 Å². The van der Waals surface area contributed by atoms with Crippen LogP contribution in [0.3, 0.4) is 0 Å². The monoisotopic (exact) mass is 212 g/mol. The van der Waals surface area contributed by atoms with Crippen molar-refractivity contribution in [2.45, 2.75) is 0 Å². The molecule has 1 heterocycles. The lowest BCUT2D eigenvalue weighted by atomic mass is 10.3. The molecule has 0 fully saturated rings. The Morgan fingerprint density at radius 1 is 1.47 bits per heavy atom. The van der Waals surface area contributed by atoms with Crippen molar-refractivity contribution >= 4 is 12.0 Å². The molecule has 0 atom stereocenters. The molecule has 80 valence electrons. The molecule has 1 rings (SSSR count). The molecule has 0 aliphatic rings. The summed E-state index contributed by atoms with van der Waals surface area (Å²) in [5.41, 5.74) is -0.696. The van der Waals surface area contributed by atoms with Crippen molar-refractivity contribution in [2.75, 3.05) is 7.11 Å². The van der Waals surface area contributed by atoms with Crippen molar-refractivity contribution in [1.29, 1.82) is 0 Å². The Kier molecular flexibility index (Phi) is 3.12. The van der Waals surface area contributed by atoms with E-state index in [0.29, 0.717) is 0 Å². The Labute approximate surface area is 84.0 Å². The first-order valence-electron chi connectivity index (χ1n) is 3.86. The van der Waals surface area contributed by atoms with Crippen LogP contribution in [0.1, 0.15) is 5.76 Å². The molecule has 0 amide bonds. The Balaban J connectivity index is 3.16. The van der Waals surface area contributed by atoms with Gasteiger partial charge in [0.15, 0.2) is 0 Å². The first kappa shape index (κ1) is 10.8. The maximum absolute atomic E-state index is 10.9. The number of ether oxygens (including phenoxy) is 1. The van der Waals surface area contributed by atoms with Gasteiger partial charge in [0.2, 0.25) is 5.76 Å². The van der Waals surface area contributed by atoms with Gasteiger partial charge in [-0.25, -0.2) is 9.59 Å². The summed E-state index contributed by atoms with van der Waals surface area (Å²) in [4.78, 5) is 21.2. The van der Waals surface area contributed by atoms with Crippen molar-refractivity contribution < 1.29 is 24.2 Å². The topological polar surface area (TPSA) is 97.0 Å². The third-order valence-electron chi connectivity index (χ3n) is 1.50. The average molecular weight is 212 g/mol. The SMILES string of the molecule is COc1cc(C=C(O)C(=O)O)oc(=O)c1. The molecule has 6 nitrogen and oxygen atoms in total. The van der Waals surface area contributed by atoms with Gasteiger partial charge in [0.1, 0.15) is 11.5 Å². The first-order chi connectivity index (χ1) is 7.02. The Morgan fingerprint density at radius 2 is 2.13 bits per heavy atom. The predicted molar refractivity (Wildman–Crippen MR) is 49.8 cm³/mol. The van der Waals surface area contributed by atoms with Crippen molar-refractivity contribution in [3.8, 4) is 5.75 Å². The lowest BCUT2D eigenvalue weighted by Gasteiger charge is -1.98. The van der Waals surface area contributed by atoms with Gasteiger partial charge in [-0.15, -0.1) is 0 Å². The first-order valence-corrected chi connectivity index (χ1v) is 3.86. The van der Waals surface area contributed by atoms with Crippen molar-refractivity contribution in [3.63, 3.8) is 0 Å². The zero-order valence-electron chi connectivity index (χ0n) is 7.76. The molecular weight excluding hydrogens is 204 g/mol. The van der Waals surface area contributed by atoms with E-state index in [4.69, 9.17) is 14.9 Å². The van der Waals surface area contributed by atoms with Crippen molar-refractivity contribution in [2.24, 2.45) is 0 Å². The minimum atomic E-state index is -1.51. The summed E-state index contributed by atoms with van der Waals surface area (Å²) in [5, 5.41) is 17.3. The third-order valence-corrected chi connectivity index (χ3v) is 1.50. The number of aliphatic hydroxyl groups excluding tert-OH is 1. The summed E-state index contributed by atoms with van der Waals surface area (Å²) in [6.07, 6.45) is 0.812. The van der Waals surface area contributed by atoms with Gasteiger partial charge >= 0.3 is 11.6 Å². The van der Waals surface area contributed by atoms with E-state index in [0.717, 1.165) is 12.1 Å². The number of carboxylic acid groups (broad SMARTS) is 1. The molecule has 2 N–H and O–H groups in total. The summed E-state index contributed by atoms with van der Waals surface area (Å²) < 4.78 is 9.36. The van der Waals surface area contributed by atoms with Gasteiger partial charge in [-0.3, -0.25) is 0 Å². The van der Waals surface area contributed by atoms with Crippen LogP contribution in [0, 0.1) is 0 Å². The molecule has 6 heteroatoms. The molecule has 1 aromatic heterocycles. The highest BCUT2D eigenvalue weighted by Gasteiger charge is 2.06. The van der Waals surface area contributed by atoms with E-state index in [9.17, 15) is 9.59 Å². The van der Waals surface area contributed by atoms with Gasteiger partial charge in [-0.05, 0) is 0 Å². The highest BCUT2D eigenvalue weighted by Crippen LogP contribution is 2.11. The van der Waals surface area contributed by atoms with E-state index in [-0.39, 0.29) is 11.5 Å². The number of methoxy groups -OCH3 is 1. The normalized spacial score (nSPS) is 11.1. The van der Waals surface area contributed by atoms with Crippen LogP contribution in [0.15, 0.2) is 27.1 Å². The molecule has 1 aromatic rings. The number of aliphatic hydroxyl groups is 1. The Bertz CT molecular complexity index is 456. The second-order valence-corrected chi connectivity index (χ2v) is 2.55. The highest BCUT2D eigenvalue weighted by molar-refractivity contribution is 5.88. The fourth-order valence-electron chi connectivity index (χ4n) is 0.859. The van der Waals surface area contributed by atoms with E-state index < -0.39 is 17.4 Å². The van der Waals surface area contributed by atoms with Crippen LogP contribution >= 0.6 is 0 Å². The van der Waals surface area contributed by atoms with Gasteiger partial charge in [0, 0.05) is 12.1 Å². The summed E-state index contributed by atoms with van der Waals surface area (Å²) in [6, 6.07) is 2.37.